The fraction of sp³-hybridized carbons (Fsp3) is 1.00. The van der Waals surface area contributed by atoms with Gasteiger partial charge in [0.15, 0.2) is 0 Å². The van der Waals surface area contributed by atoms with Crippen LogP contribution in [-0.4, -0.2) is 11.2 Å². The first-order chi connectivity index (χ1) is 5.10. The molecular weight excluding hydrogens is 239 g/mol. The van der Waals surface area contributed by atoms with Gasteiger partial charge < -0.3 is 9.05 Å². The van der Waals surface area contributed by atoms with Crippen molar-refractivity contribution in [2.24, 2.45) is 0 Å². The van der Waals surface area contributed by atoms with E-state index in [1.165, 1.54) is 0 Å². The van der Waals surface area contributed by atoms with E-state index >= 15 is 0 Å². The van der Waals surface area contributed by atoms with Crippen molar-refractivity contribution < 1.29 is 9.05 Å². The highest BCUT2D eigenvalue weighted by atomic mass is 79.9. The normalized spacial score (nSPS) is 14.0. The summed E-state index contributed by atoms with van der Waals surface area (Å²) in [5.74, 6) is 0. The van der Waals surface area contributed by atoms with Crippen LogP contribution in [0.1, 0.15) is 41.5 Å². The lowest BCUT2D eigenvalue weighted by Crippen LogP contribution is -2.20. The molecule has 0 aliphatic carbocycles. The van der Waals surface area contributed by atoms with Gasteiger partial charge in [0.05, 0.1) is 11.2 Å². The summed E-state index contributed by atoms with van der Waals surface area (Å²) in [4.78, 5) is 0. The average molecular weight is 257 g/mol. The lowest BCUT2D eigenvalue weighted by molar-refractivity contribution is 0.0819. The number of hydrogen-bond acceptors (Lipinski definition) is 2. The molecule has 4 heteroatoms. The molecule has 0 rings (SSSR count). The summed E-state index contributed by atoms with van der Waals surface area (Å²) in [7, 11) is -0.944. The van der Waals surface area contributed by atoms with Gasteiger partial charge in [0.25, 0.3) is 0 Å². The zero-order valence-electron chi connectivity index (χ0n) is 8.64. The van der Waals surface area contributed by atoms with E-state index in [2.05, 4.69) is 15.5 Å². The van der Waals surface area contributed by atoms with E-state index in [0.29, 0.717) is 0 Å². The summed E-state index contributed by atoms with van der Waals surface area (Å²) in [6.45, 7) is 12.1. The molecule has 0 aliphatic rings. The van der Waals surface area contributed by atoms with E-state index in [1.807, 2.05) is 41.5 Å². The largest absolute Gasteiger partial charge is 0.320 e. The van der Waals surface area contributed by atoms with Gasteiger partial charge in [-0.15, -0.1) is 0 Å². The Morgan fingerprint density at radius 1 is 0.833 bits per heavy atom. The van der Waals surface area contributed by atoms with Crippen LogP contribution in [0.2, 0.25) is 0 Å². The fourth-order valence-electron chi connectivity index (χ4n) is 0.449. The second kappa shape index (κ2) is 4.36. The minimum atomic E-state index is -0.944. The summed E-state index contributed by atoms with van der Waals surface area (Å²) >= 11 is 3.37. The van der Waals surface area contributed by atoms with Crippen molar-refractivity contribution >= 4 is 22.6 Å². The fourth-order valence-corrected chi connectivity index (χ4v) is 3.95. The van der Waals surface area contributed by atoms with E-state index in [-0.39, 0.29) is 11.2 Å². The van der Waals surface area contributed by atoms with Gasteiger partial charge in [-0.05, 0) is 41.5 Å². The molecular formula is C8H18BrO2P. The maximum Gasteiger partial charge on any atom is 0.247 e. The van der Waals surface area contributed by atoms with Gasteiger partial charge in [-0.2, -0.15) is 0 Å². The van der Waals surface area contributed by atoms with Crippen molar-refractivity contribution in [3.05, 3.63) is 0 Å². The number of halogens is 1. The molecule has 0 aliphatic heterocycles. The molecule has 0 fully saturated rings. The first kappa shape index (κ1) is 12.8. The first-order valence-corrected chi connectivity index (χ1v) is 7.14. The van der Waals surface area contributed by atoms with Crippen molar-refractivity contribution in [3.63, 3.8) is 0 Å². The van der Waals surface area contributed by atoms with E-state index < -0.39 is 7.08 Å². The summed E-state index contributed by atoms with van der Waals surface area (Å²) in [6.07, 6.45) is 0. The Labute approximate surface area is 84.7 Å². The molecule has 0 atom stereocenters. The Hall–Kier alpha value is 0.830. The molecule has 0 radical (unpaired) electrons. The highest BCUT2D eigenvalue weighted by molar-refractivity contribution is 9.38. The van der Waals surface area contributed by atoms with Crippen LogP contribution in [0.3, 0.4) is 0 Å². The van der Waals surface area contributed by atoms with Gasteiger partial charge in [0.1, 0.15) is 0 Å². The van der Waals surface area contributed by atoms with Crippen molar-refractivity contribution in [2.45, 2.75) is 52.7 Å². The van der Waals surface area contributed by atoms with E-state index in [0.717, 1.165) is 0 Å². The van der Waals surface area contributed by atoms with Gasteiger partial charge >= 0.3 is 0 Å². The molecule has 0 saturated carbocycles. The van der Waals surface area contributed by atoms with E-state index in [1.54, 1.807) is 0 Å². The molecule has 2 nitrogen and oxygen atoms in total. The summed E-state index contributed by atoms with van der Waals surface area (Å²) in [6, 6.07) is 0. The van der Waals surface area contributed by atoms with Crippen LogP contribution in [0.4, 0.5) is 0 Å². The lowest BCUT2D eigenvalue weighted by atomic mass is 10.2. The Balaban J connectivity index is 3.83. The Kier molecular flexibility index (Phi) is 4.67. The quantitative estimate of drug-likeness (QED) is 0.689. The third-order valence-corrected chi connectivity index (χ3v) is 2.94. The van der Waals surface area contributed by atoms with E-state index in [9.17, 15) is 0 Å². The van der Waals surface area contributed by atoms with Crippen LogP contribution < -0.4 is 0 Å². The van der Waals surface area contributed by atoms with Crippen molar-refractivity contribution in [2.75, 3.05) is 0 Å². The summed E-state index contributed by atoms with van der Waals surface area (Å²) < 4.78 is 11.1. The second-order valence-corrected chi connectivity index (χ2v) is 7.15. The third-order valence-electron chi connectivity index (χ3n) is 0.691. The van der Waals surface area contributed by atoms with Crippen LogP contribution in [-0.2, 0) is 9.05 Å². The van der Waals surface area contributed by atoms with Gasteiger partial charge in [-0.1, -0.05) is 0 Å². The van der Waals surface area contributed by atoms with Crippen LogP contribution in [0, 0.1) is 0 Å². The Bertz CT molecular complexity index is 121. The lowest BCUT2D eigenvalue weighted by Gasteiger charge is -2.27. The molecule has 0 heterocycles. The topological polar surface area (TPSA) is 18.5 Å². The molecule has 0 saturated heterocycles. The van der Waals surface area contributed by atoms with Crippen molar-refractivity contribution in [1.29, 1.82) is 0 Å². The molecule has 74 valence electrons. The summed E-state index contributed by atoms with van der Waals surface area (Å²) in [5.41, 5.74) is -0.305. The highest BCUT2D eigenvalue weighted by Crippen LogP contribution is 2.52. The molecule has 12 heavy (non-hydrogen) atoms. The van der Waals surface area contributed by atoms with Crippen LogP contribution in [0.5, 0.6) is 0 Å². The monoisotopic (exact) mass is 256 g/mol. The maximum atomic E-state index is 5.57. The van der Waals surface area contributed by atoms with Crippen LogP contribution in [0.15, 0.2) is 0 Å². The van der Waals surface area contributed by atoms with Gasteiger partial charge in [0.2, 0.25) is 7.08 Å². The van der Waals surface area contributed by atoms with Crippen LogP contribution in [0.25, 0.3) is 0 Å². The molecule has 0 aromatic carbocycles. The third kappa shape index (κ3) is 8.92. The molecule has 0 spiro atoms. The smallest absolute Gasteiger partial charge is 0.247 e. The van der Waals surface area contributed by atoms with Gasteiger partial charge in [-0.3, -0.25) is 0 Å². The minimum absolute atomic E-state index is 0.152. The Morgan fingerprint density at radius 2 is 1.08 bits per heavy atom. The van der Waals surface area contributed by atoms with E-state index in [4.69, 9.17) is 9.05 Å². The first-order valence-electron chi connectivity index (χ1n) is 3.94. The number of hydrogen-bond donors (Lipinski definition) is 0. The zero-order valence-corrected chi connectivity index (χ0v) is 11.1. The maximum absolute atomic E-state index is 5.57. The molecule has 0 bridgehead atoms. The predicted octanol–water partition coefficient (Wildman–Crippen LogP) is 4.24. The molecule has 0 unspecified atom stereocenters. The molecule has 0 N–H and O–H groups in total. The molecule has 0 aromatic rings. The van der Waals surface area contributed by atoms with Gasteiger partial charge in [-0.25, -0.2) is 0 Å². The standard InChI is InChI=1S/C8H18BrO2P/c1-7(2,3)10-12(9)11-8(4,5)6/h1-6H3. The van der Waals surface area contributed by atoms with Crippen molar-refractivity contribution in [1.82, 2.24) is 0 Å². The van der Waals surface area contributed by atoms with Crippen molar-refractivity contribution in [3.8, 4) is 0 Å². The van der Waals surface area contributed by atoms with Gasteiger partial charge in [0, 0.05) is 15.5 Å². The average Bonchev–Trinajstić information content (AvgIpc) is 1.49. The Morgan fingerprint density at radius 3 is 1.25 bits per heavy atom. The number of rotatable bonds is 2. The summed E-state index contributed by atoms with van der Waals surface area (Å²) in [5, 5.41) is 0. The zero-order chi connectivity index (χ0) is 9.99. The second-order valence-electron chi connectivity index (χ2n) is 4.62. The predicted molar refractivity (Wildman–Crippen MR) is 57.5 cm³/mol. The highest BCUT2D eigenvalue weighted by Gasteiger charge is 2.23. The van der Waals surface area contributed by atoms with Crippen LogP contribution >= 0.6 is 22.6 Å². The molecule has 0 aromatic heterocycles. The molecule has 0 amide bonds. The minimum Gasteiger partial charge on any atom is -0.320 e. The SMILES string of the molecule is CC(C)(C)OP(Br)OC(C)(C)C.